The van der Waals surface area contributed by atoms with Gasteiger partial charge in [0.05, 0.1) is 12.5 Å². The van der Waals surface area contributed by atoms with Crippen molar-refractivity contribution in [1.82, 2.24) is 5.32 Å². The van der Waals surface area contributed by atoms with Crippen molar-refractivity contribution < 1.29 is 23.8 Å². The Hall–Kier alpha value is -2.41. The summed E-state index contributed by atoms with van der Waals surface area (Å²) in [7, 11) is 0. The largest absolute Gasteiger partial charge is 0.481 e. The van der Waals surface area contributed by atoms with Crippen LogP contribution in [-0.4, -0.2) is 17.2 Å². The molecule has 7 heteroatoms. The maximum Gasteiger partial charge on any atom is 0.407 e. The molecule has 0 aliphatic carbocycles. The third kappa shape index (κ3) is 5.34. The fourth-order valence-electron chi connectivity index (χ4n) is 2.10. The number of rotatable bonds is 6. The molecule has 1 amide bonds. The molecule has 0 aromatic heterocycles. The van der Waals surface area contributed by atoms with Gasteiger partial charge in [0.25, 0.3) is 0 Å². The van der Waals surface area contributed by atoms with Gasteiger partial charge in [-0.15, -0.1) is 0 Å². The molecule has 2 aromatic carbocycles. The monoisotopic (exact) mass is 395 g/mol. The van der Waals surface area contributed by atoms with Crippen molar-refractivity contribution in [3.8, 4) is 0 Å². The van der Waals surface area contributed by atoms with Crippen LogP contribution in [0, 0.1) is 5.82 Å². The molecule has 0 radical (unpaired) electrons. The number of carboxylic acids is 1. The molecule has 2 N–H and O–H groups in total. The molecule has 0 spiro atoms. The first kappa shape index (κ1) is 17.9. The van der Waals surface area contributed by atoms with Crippen LogP contribution in [0.15, 0.2) is 53.0 Å². The molecule has 0 bridgehead atoms. The van der Waals surface area contributed by atoms with Gasteiger partial charge in [-0.2, -0.15) is 0 Å². The van der Waals surface area contributed by atoms with Crippen LogP contribution >= 0.6 is 15.9 Å². The molecule has 2 rings (SSSR count). The molecule has 0 aliphatic heterocycles. The van der Waals surface area contributed by atoms with Gasteiger partial charge in [0.15, 0.2) is 0 Å². The maximum absolute atomic E-state index is 14.0. The van der Waals surface area contributed by atoms with Gasteiger partial charge < -0.3 is 15.2 Å². The number of ether oxygens (including phenoxy) is 1. The number of halogens is 2. The molecule has 0 unspecified atom stereocenters. The topological polar surface area (TPSA) is 75.6 Å². The molecular weight excluding hydrogens is 381 g/mol. The minimum absolute atomic E-state index is 0.0351. The van der Waals surface area contributed by atoms with Crippen molar-refractivity contribution in [2.24, 2.45) is 0 Å². The van der Waals surface area contributed by atoms with Gasteiger partial charge in [0, 0.05) is 10.0 Å². The standard InChI is InChI=1S/C17H15BrFNO4/c18-12-6-7-14(19)13(8-12)15(9-16(21)22)20-17(23)24-10-11-4-2-1-3-5-11/h1-8,15H,9-10H2,(H,20,23)(H,21,22)/t15-/m1/s1. The molecule has 0 saturated carbocycles. The lowest BCUT2D eigenvalue weighted by Gasteiger charge is -2.18. The van der Waals surface area contributed by atoms with E-state index in [9.17, 15) is 14.0 Å². The minimum atomic E-state index is -1.16. The highest BCUT2D eigenvalue weighted by molar-refractivity contribution is 9.10. The predicted octanol–water partition coefficient (Wildman–Crippen LogP) is 4.03. The number of alkyl carbamates (subject to hydrolysis) is 1. The van der Waals surface area contributed by atoms with Crippen molar-refractivity contribution in [3.05, 3.63) is 69.9 Å². The van der Waals surface area contributed by atoms with E-state index in [4.69, 9.17) is 9.84 Å². The summed E-state index contributed by atoms with van der Waals surface area (Å²) in [5, 5.41) is 11.4. The molecule has 0 heterocycles. The van der Waals surface area contributed by atoms with Gasteiger partial charge in [-0.1, -0.05) is 46.3 Å². The van der Waals surface area contributed by atoms with E-state index in [-0.39, 0.29) is 12.2 Å². The number of aliphatic carboxylic acids is 1. The van der Waals surface area contributed by atoms with Crippen molar-refractivity contribution in [2.45, 2.75) is 19.1 Å². The van der Waals surface area contributed by atoms with E-state index in [2.05, 4.69) is 21.2 Å². The Morgan fingerprint density at radius 3 is 2.58 bits per heavy atom. The average molecular weight is 396 g/mol. The van der Waals surface area contributed by atoms with Crippen molar-refractivity contribution in [2.75, 3.05) is 0 Å². The summed E-state index contributed by atoms with van der Waals surface area (Å²) in [5.74, 6) is -1.77. The Labute approximate surface area is 146 Å². The second-order valence-electron chi connectivity index (χ2n) is 5.02. The molecule has 24 heavy (non-hydrogen) atoms. The molecule has 0 saturated heterocycles. The summed E-state index contributed by atoms with van der Waals surface area (Å²) in [6.45, 7) is 0.0351. The zero-order valence-electron chi connectivity index (χ0n) is 12.5. The van der Waals surface area contributed by atoms with E-state index in [0.717, 1.165) is 5.56 Å². The van der Waals surface area contributed by atoms with E-state index >= 15 is 0 Å². The zero-order chi connectivity index (χ0) is 17.5. The highest BCUT2D eigenvalue weighted by Crippen LogP contribution is 2.24. The molecule has 1 atom stereocenters. The second-order valence-corrected chi connectivity index (χ2v) is 5.94. The first-order valence-electron chi connectivity index (χ1n) is 7.09. The van der Waals surface area contributed by atoms with Crippen molar-refractivity contribution >= 4 is 28.0 Å². The molecule has 0 aliphatic rings. The summed E-state index contributed by atoms with van der Waals surface area (Å²) in [6, 6.07) is 12.1. The summed E-state index contributed by atoms with van der Waals surface area (Å²) in [4.78, 5) is 22.9. The zero-order valence-corrected chi connectivity index (χ0v) is 14.1. The van der Waals surface area contributed by atoms with E-state index in [1.165, 1.54) is 18.2 Å². The fourth-order valence-corrected chi connectivity index (χ4v) is 2.48. The number of carboxylic acid groups (broad SMARTS) is 1. The Morgan fingerprint density at radius 2 is 1.92 bits per heavy atom. The maximum atomic E-state index is 14.0. The number of nitrogens with one attached hydrogen (secondary N) is 1. The first-order valence-corrected chi connectivity index (χ1v) is 7.89. The lowest BCUT2D eigenvalue weighted by atomic mass is 10.0. The minimum Gasteiger partial charge on any atom is -0.481 e. The van der Waals surface area contributed by atoms with E-state index in [0.29, 0.717) is 4.47 Å². The Bertz CT molecular complexity index is 724. The number of carbonyl (C=O) groups is 2. The SMILES string of the molecule is O=C(O)C[C@@H](NC(=O)OCc1ccccc1)c1cc(Br)ccc1F. The third-order valence-corrected chi connectivity index (χ3v) is 3.71. The lowest BCUT2D eigenvalue weighted by Crippen LogP contribution is -2.31. The second kappa shape index (κ2) is 8.44. The van der Waals surface area contributed by atoms with Gasteiger partial charge in [-0.05, 0) is 23.8 Å². The van der Waals surface area contributed by atoms with Crippen LogP contribution in [0.2, 0.25) is 0 Å². The van der Waals surface area contributed by atoms with Gasteiger partial charge in [-0.3, -0.25) is 4.79 Å². The molecule has 2 aromatic rings. The van der Waals surface area contributed by atoms with Crippen LogP contribution in [0.3, 0.4) is 0 Å². The Kier molecular flexibility index (Phi) is 6.31. The van der Waals surface area contributed by atoms with Crippen LogP contribution in [0.25, 0.3) is 0 Å². The average Bonchev–Trinajstić information content (AvgIpc) is 2.55. The summed E-state index contributed by atoms with van der Waals surface area (Å²) >= 11 is 3.20. The van der Waals surface area contributed by atoms with Crippen LogP contribution in [0.4, 0.5) is 9.18 Å². The quantitative estimate of drug-likeness (QED) is 0.773. The van der Waals surface area contributed by atoms with Crippen LogP contribution in [0.1, 0.15) is 23.6 Å². The summed E-state index contributed by atoms with van der Waals surface area (Å²) < 4.78 is 19.6. The van der Waals surface area contributed by atoms with Crippen LogP contribution in [-0.2, 0) is 16.1 Å². The molecule has 5 nitrogen and oxygen atoms in total. The fraction of sp³-hybridized carbons (Fsp3) is 0.176. The highest BCUT2D eigenvalue weighted by atomic mass is 79.9. The molecule has 126 valence electrons. The lowest BCUT2D eigenvalue weighted by molar-refractivity contribution is -0.137. The number of hydrogen-bond acceptors (Lipinski definition) is 3. The Morgan fingerprint density at radius 1 is 1.21 bits per heavy atom. The van der Waals surface area contributed by atoms with E-state index in [1.807, 2.05) is 6.07 Å². The van der Waals surface area contributed by atoms with Crippen LogP contribution < -0.4 is 5.32 Å². The normalized spacial score (nSPS) is 11.6. The Balaban J connectivity index is 2.06. The van der Waals surface area contributed by atoms with Crippen molar-refractivity contribution in [1.29, 1.82) is 0 Å². The van der Waals surface area contributed by atoms with Gasteiger partial charge in [-0.25, -0.2) is 9.18 Å². The number of carbonyl (C=O) groups excluding carboxylic acids is 1. The number of hydrogen-bond donors (Lipinski definition) is 2. The third-order valence-electron chi connectivity index (χ3n) is 3.22. The molecular formula is C17H15BrFNO4. The molecule has 0 fully saturated rings. The van der Waals surface area contributed by atoms with E-state index < -0.39 is 30.3 Å². The van der Waals surface area contributed by atoms with E-state index in [1.54, 1.807) is 24.3 Å². The van der Waals surface area contributed by atoms with Gasteiger partial charge >= 0.3 is 12.1 Å². The number of amides is 1. The smallest absolute Gasteiger partial charge is 0.407 e. The number of benzene rings is 2. The van der Waals surface area contributed by atoms with Crippen LogP contribution in [0.5, 0.6) is 0 Å². The van der Waals surface area contributed by atoms with Crippen molar-refractivity contribution in [3.63, 3.8) is 0 Å². The summed E-state index contributed by atoms with van der Waals surface area (Å²) in [6.07, 6.45) is -1.28. The highest BCUT2D eigenvalue weighted by Gasteiger charge is 2.22. The predicted molar refractivity (Wildman–Crippen MR) is 88.9 cm³/mol. The van der Waals surface area contributed by atoms with Gasteiger partial charge in [0.2, 0.25) is 0 Å². The first-order chi connectivity index (χ1) is 11.5. The van der Waals surface area contributed by atoms with Gasteiger partial charge in [0.1, 0.15) is 12.4 Å². The summed E-state index contributed by atoms with van der Waals surface area (Å²) in [5.41, 5.74) is 0.861.